The van der Waals surface area contributed by atoms with Crippen LogP contribution in [0.2, 0.25) is 0 Å². The topological polar surface area (TPSA) is 26.3 Å². The minimum atomic E-state index is -0.611. The Morgan fingerprint density at radius 2 is 2.00 bits per heavy atom. The summed E-state index contributed by atoms with van der Waals surface area (Å²) >= 11 is 8.09. The summed E-state index contributed by atoms with van der Waals surface area (Å²) in [5.41, 5.74) is 0. The van der Waals surface area contributed by atoms with Crippen molar-refractivity contribution in [2.45, 2.75) is 23.7 Å². The largest absolute Gasteiger partial charge is 0.450 e. The summed E-state index contributed by atoms with van der Waals surface area (Å²) in [6, 6.07) is 9.86. The second kappa shape index (κ2) is 6.27. The minimum Gasteiger partial charge on any atom is -0.450 e. The van der Waals surface area contributed by atoms with E-state index in [9.17, 15) is 4.79 Å². The number of hydrogen-bond donors (Lipinski definition) is 0. The predicted octanol–water partition coefficient (Wildman–Crippen LogP) is 3.71. The zero-order valence-electron chi connectivity index (χ0n) is 9.01. The third-order valence-corrected chi connectivity index (χ3v) is 4.03. The Bertz CT molecular complexity index is 363. The molecule has 0 aliphatic carbocycles. The number of rotatable bonds is 4. The first-order chi connectivity index (χ1) is 7.53. The van der Waals surface area contributed by atoms with Crippen molar-refractivity contribution in [1.29, 1.82) is 0 Å². The molecule has 0 amide bonds. The second-order valence-corrected chi connectivity index (χ2v) is 7.24. The molecule has 0 unspecified atom stereocenters. The standard InChI is InChI=1S/C11H12O2S3/c1-11(2,13-8-12)16-10(14)15-9-6-4-3-5-7-9/h3-8H,1-2H3. The van der Waals surface area contributed by atoms with Crippen LogP contribution in [-0.2, 0) is 9.53 Å². The van der Waals surface area contributed by atoms with Crippen molar-refractivity contribution >= 4 is 45.7 Å². The lowest BCUT2D eigenvalue weighted by Crippen LogP contribution is -2.19. The Labute approximate surface area is 109 Å². The van der Waals surface area contributed by atoms with E-state index in [2.05, 4.69) is 0 Å². The quantitative estimate of drug-likeness (QED) is 0.360. The lowest BCUT2D eigenvalue weighted by Gasteiger charge is -2.21. The fraction of sp³-hybridized carbons (Fsp3) is 0.273. The van der Waals surface area contributed by atoms with Gasteiger partial charge in [0.2, 0.25) is 0 Å². The van der Waals surface area contributed by atoms with Crippen molar-refractivity contribution < 1.29 is 9.53 Å². The Hall–Kier alpha value is -0.520. The van der Waals surface area contributed by atoms with Crippen molar-refractivity contribution in [2.24, 2.45) is 0 Å². The van der Waals surface area contributed by atoms with Gasteiger partial charge < -0.3 is 4.74 Å². The third kappa shape index (κ3) is 5.01. The highest BCUT2D eigenvalue weighted by atomic mass is 32.2. The van der Waals surface area contributed by atoms with Crippen LogP contribution in [0.15, 0.2) is 35.2 Å². The van der Waals surface area contributed by atoms with E-state index in [0.29, 0.717) is 6.47 Å². The van der Waals surface area contributed by atoms with Gasteiger partial charge in [-0.3, -0.25) is 4.79 Å². The van der Waals surface area contributed by atoms with E-state index in [0.717, 1.165) is 8.42 Å². The maximum Gasteiger partial charge on any atom is 0.294 e. The first kappa shape index (κ1) is 13.5. The molecule has 0 bridgehead atoms. The molecule has 1 rings (SSSR count). The normalized spacial score (nSPS) is 10.9. The Morgan fingerprint density at radius 1 is 1.38 bits per heavy atom. The maximum absolute atomic E-state index is 10.3. The molecule has 0 saturated heterocycles. The number of carbonyl (C=O) groups excluding carboxylic acids is 1. The van der Waals surface area contributed by atoms with Crippen LogP contribution in [0.25, 0.3) is 0 Å². The number of thioether (sulfide) groups is 2. The molecule has 0 N–H and O–H groups in total. The van der Waals surface area contributed by atoms with E-state index in [1.807, 2.05) is 44.2 Å². The number of ether oxygens (including phenoxy) is 1. The summed E-state index contributed by atoms with van der Waals surface area (Å²) in [4.78, 5) is 10.7. The Morgan fingerprint density at radius 3 is 2.56 bits per heavy atom. The predicted molar refractivity (Wildman–Crippen MR) is 73.7 cm³/mol. The van der Waals surface area contributed by atoms with Crippen LogP contribution in [-0.4, -0.2) is 14.9 Å². The molecule has 0 aliphatic rings. The van der Waals surface area contributed by atoms with Crippen LogP contribution in [0.1, 0.15) is 13.8 Å². The molecule has 0 radical (unpaired) electrons. The van der Waals surface area contributed by atoms with Crippen LogP contribution in [0, 0.1) is 0 Å². The molecule has 2 nitrogen and oxygen atoms in total. The first-order valence-electron chi connectivity index (χ1n) is 4.61. The molecule has 0 aromatic heterocycles. The summed E-state index contributed by atoms with van der Waals surface area (Å²) in [6.07, 6.45) is 0. The van der Waals surface area contributed by atoms with Gasteiger partial charge in [-0.1, -0.05) is 53.9 Å². The highest BCUT2D eigenvalue weighted by Crippen LogP contribution is 2.34. The molecule has 0 aliphatic heterocycles. The second-order valence-electron chi connectivity index (χ2n) is 3.38. The molecular weight excluding hydrogens is 260 g/mol. The molecule has 1 aromatic carbocycles. The van der Waals surface area contributed by atoms with Crippen molar-refractivity contribution in [3.05, 3.63) is 30.3 Å². The summed E-state index contributed by atoms with van der Waals surface area (Å²) in [7, 11) is 0. The molecule has 0 saturated carbocycles. The number of benzene rings is 1. The van der Waals surface area contributed by atoms with Gasteiger partial charge in [0.1, 0.15) is 3.53 Å². The fourth-order valence-electron chi connectivity index (χ4n) is 0.946. The van der Waals surface area contributed by atoms with E-state index in [-0.39, 0.29) is 0 Å². The molecule has 0 atom stereocenters. The zero-order chi connectivity index (χ0) is 12.0. The van der Waals surface area contributed by atoms with Gasteiger partial charge in [0, 0.05) is 4.90 Å². The van der Waals surface area contributed by atoms with Gasteiger partial charge in [-0.05, 0) is 26.0 Å². The molecule has 0 spiro atoms. The van der Waals surface area contributed by atoms with Gasteiger partial charge in [0.05, 0.1) is 0 Å². The lowest BCUT2D eigenvalue weighted by molar-refractivity contribution is -0.133. The van der Waals surface area contributed by atoms with E-state index in [1.54, 1.807) is 0 Å². The van der Waals surface area contributed by atoms with Crippen LogP contribution in [0.4, 0.5) is 0 Å². The first-order valence-corrected chi connectivity index (χ1v) is 6.65. The fourth-order valence-corrected chi connectivity index (χ4v) is 3.87. The third-order valence-electron chi connectivity index (χ3n) is 1.61. The highest BCUT2D eigenvalue weighted by Gasteiger charge is 2.22. The summed E-state index contributed by atoms with van der Waals surface area (Å²) in [5, 5.41) is 0. The van der Waals surface area contributed by atoms with Crippen LogP contribution >= 0.6 is 35.7 Å². The van der Waals surface area contributed by atoms with Gasteiger partial charge in [0.15, 0.2) is 4.93 Å². The van der Waals surface area contributed by atoms with Gasteiger partial charge in [-0.2, -0.15) is 0 Å². The molecule has 0 fully saturated rings. The van der Waals surface area contributed by atoms with Crippen molar-refractivity contribution in [2.75, 3.05) is 0 Å². The maximum atomic E-state index is 10.3. The van der Waals surface area contributed by atoms with E-state index in [4.69, 9.17) is 17.0 Å². The zero-order valence-corrected chi connectivity index (χ0v) is 11.5. The van der Waals surface area contributed by atoms with E-state index < -0.39 is 4.93 Å². The van der Waals surface area contributed by atoms with Crippen LogP contribution in [0.3, 0.4) is 0 Å². The smallest absolute Gasteiger partial charge is 0.294 e. The van der Waals surface area contributed by atoms with Gasteiger partial charge in [0.25, 0.3) is 6.47 Å². The summed E-state index contributed by atoms with van der Waals surface area (Å²) in [6.45, 7) is 4.07. The van der Waals surface area contributed by atoms with Gasteiger partial charge in [-0.25, -0.2) is 0 Å². The van der Waals surface area contributed by atoms with E-state index >= 15 is 0 Å². The highest BCUT2D eigenvalue weighted by molar-refractivity contribution is 8.47. The number of hydrogen-bond acceptors (Lipinski definition) is 5. The molecule has 16 heavy (non-hydrogen) atoms. The van der Waals surface area contributed by atoms with Crippen molar-refractivity contribution in [3.63, 3.8) is 0 Å². The molecule has 0 heterocycles. The summed E-state index contributed by atoms with van der Waals surface area (Å²) < 4.78 is 5.65. The average molecular weight is 272 g/mol. The van der Waals surface area contributed by atoms with Gasteiger partial charge >= 0.3 is 0 Å². The van der Waals surface area contributed by atoms with Crippen molar-refractivity contribution in [3.8, 4) is 0 Å². The minimum absolute atomic E-state index is 0.447. The number of carbonyl (C=O) groups is 1. The van der Waals surface area contributed by atoms with E-state index in [1.165, 1.54) is 23.5 Å². The Balaban J connectivity index is 2.51. The molecule has 1 aromatic rings. The number of thiocarbonyl (C=S) groups is 1. The monoisotopic (exact) mass is 272 g/mol. The van der Waals surface area contributed by atoms with Crippen LogP contribution in [0.5, 0.6) is 0 Å². The van der Waals surface area contributed by atoms with Crippen molar-refractivity contribution in [1.82, 2.24) is 0 Å². The SMILES string of the molecule is CC(C)(OC=O)SC(=S)Sc1ccccc1. The lowest BCUT2D eigenvalue weighted by atomic mass is 10.4. The molecule has 86 valence electrons. The molecular formula is C11H12O2S3. The average Bonchev–Trinajstić information content (AvgIpc) is 2.17. The van der Waals surface area contributed by atoms with Gasteiger partial charge in [-0.15, -0.1) is 0 Å². The van der Waals surface area contributed by atoms with Crippen LogP contribution < -0.4 is 0 Å². The Kier molecular flexibility index (Phi) is 5.31. The summed E-state index contributed by atoms with van der Waals surface area (Å²) in [5.74, 6) is 0. The molecule has 5 heteroatoms.